The molecule has 1 aromatic carbocycles. The molecule has 7 heteroatoms. The van der Waals surface area contributed by atoms with Crippen LogP contribution in [0.4, 0.5) is 0 Å². The lowest BCUT2D eigenvalue weighted by molar-refractivity contribution is 0.101. The molecule has 0 unspecified atom stereocenters. The molecule has 0 saturated heterocycles. The predicted octanol–water partition coefficient (Wildman–Crippen LogP) is 3.39. The Kier molecular flexibility index (Phi) is 3.49. The predicted molar refractivity (Wildman–Crippen MR) is 94.1 cm³/mol. The van der Waals surface area contributed by atoms with E-state index in [1.807, 2.05) is 38.1 Å². The van der Waals surface area contributed by atoms with Crippen LogP contribution >= 0.6 is 0 Å². The molecule has 1 N–H and O–H groups in total. The SMILES string of the molecule is Cc1noc2nc(C(C)C)cc(C(=O)Nn3cnc4ccccc43)c12. The molecule has 126 valence electrons. The van der Waals surface area contributed by atoms with E-state index in [-0.39, 0.29) is 11.8 Å². The van der Waals surface area contributed by atoms with Gasteiger partial charge in [-0.3, -0.25) is 10.2 Å². The number of amides is 1. The summed E-state index contributed by atoms with van der Waals surface area (Å²) in [7, 11) is 0. The third kappa shape index (κ3) is 2.53. The monoisotopic (exact) mass is 335 g/mol. The first kappa shape index (κ1) is 15.3. The van der Waals surface area contributed by atoms with E-state index in [9.17, 15) is 4.79 Å². The maximum atomic E-state index is 12.9. The molecule has 0 atom stereocenters. The summed E-state index contributed by atoms with van der Waals surface area (Å²) in [6.45, 7) is 5.83. The van der Waals surface area contributed by atoms with E-state index in [0.717, 1.165) is 16.7 Å². The Hall–Kier alpha value is -3.22. The van der Waals surface area contributed by atoms with Gasteiger partial charge in [-0.2, -0.15) is 0 Å². The van der Waals surface area contributed by atoms with E-state index in [2.05, 4.69) is 20.6 Å². The Balaban J connectivity index is 1.80. The number of nitrogens with zero attached hydrogens (tertiary/aromatic N) is 4. The molecule has 3 aromatic heterocycles. The van der Waals surface area contributed by atoms with Gasteiger partial charge in [0.15, 0.2) is 0 Å². The van der Waals surface area contributed by atoms with Crippen molar-refractivity contribution in [1.82, 2.24) is 19.8 Å². The molecule has 0 aliphatic heterocycles. The Morgan fingerprint density at radius 2 is 2.08 bits per heavy atom. The molecule has 3 heterocycles. The minimum Gasteiger partial charge on any atom is -0.336 e. The molecule has 0 spiro atoms. The Labute approximate surface area is 143 Å². The van der Waals surface area contributed by atoms with Crippen LogP contribution in [-0.4, -0.2) is 25.7 Å². The number of fused-ring (bicyclic) bond motifs is 2. The van der Waals surface area contributed by atoms with E-state index < -0.39 is 0 Å². The van der Waals surface area contributed by atoms with E-state index >= 15 is 0 Å². The minimum atomic E-state index is -0.260. The topological polar surface area (TPSA) is 85.8 Å². The van der Waals surface area contributed by atoms with Crippen LogP contribution in [0, 0.1) is 6.92 Å². The van der Waals surface area contributed by atoms with E-state index in [1.165, 1.54) is 0 Å². The van der Waals surface area contributed by atoms with Gasteiger partial charge in [-0.15, -0.1) is 0 Å². The van der Waals surface area contributed by atoms with E-state index in [4.69, 9.17) is 4.52 Å². The standard InChI is InChI=1S/C18H17N5O2/c1-10(2)14-8-12(16-11(3)22-25-18(16)20-14)17(24)21-23-9-19-13-6-4-5-7-15(13)23/h4-10H,1-3H3,(H,21,24). The van der Waals surface area contributed by atoms with Crippen molar-refractivity contribution in [3.05, 3.63) is 53.6 Å². The Morgan fingerprint density at radius 1 is 1.28 bits per heavy atom. The maximum Gasteiger partial charge on any atom is 0.271 e. The molecular weight excluding hydrogens is 318 g/mol. The zero-order valence-electron chi connectivity index (χ0n) is 14.1. The van der Waals surface area contributed by atoms with Gasteiger partial charge >= 0.3 is 0 Å². The molecule has 0 aliphatic carbocycles. The van der Waals surface area contributed by atoms with Crippen LogP contribution in [0.3, 0.4) is 0 Å². The number of nitrogens with one attached hydrogen (secondary N) is 1. The second-order valence-electron chi connectivity index (χ2n) is 6.24. The molecule has 4 aromatic rings. The normalized spacial score (nSPS) is 11.5. The molecule has 4 rings (SSSR count). The highest BCUT2D eigenvalue weighted by Gasteiger charge is 2.20. The van der Waals surface area contributed by atoms with Crippen molar-refractivity contribution in [1.29, 1.82) is 0 Å². The van der Waals surface area contributed by atoms with E-state index in [0.29, 0.717) is 22.4 Å². The van der Waals surface area contributed by atoms with Crippen LogP contribution < -0.4 is 5.43 Å². The first-order valence-electron chi connectivity index (χ1n) is 8.05. The highest BCUT2D eigenvalue weighted by Crippen LogP contribution is 2.25. The number of carbonyl (C=O) groups excluding carboxylic acids is 1. The summed E-state index contributed by atoms with van der Waals surface area (Å²) < 4.78 is 6.89. The van der Waals surface area contributed by atoms with Crippen molar-refractivity contribution in [2.75, 3.05) is 5.43 Å². The second-order valence-corrected chi connectivity index (χ2v) is 6.24. The minimum absolute atomic E-state index is 0.162. The maximum absolute atomic E-state index is 12.9. The van der Waals surface area contributed by atoms with Crippen molar-refractivity contribution >= 4 is 28.0 Å². The largest absolute Gasteiger partial charge is 0.336 e. The van der Waals surface area contributed by atoms with Crippen LogP contribution in [0.1, 0.15) is 41.5 Å². The van der Waals surface area contributed by atoms with Crippen LogP contribution in [-0.2, 0) is 0 Å². The summed E-state index contributed by atoms with van der Waals surface area (Å²) in [6.07, 6.45) is 1.59. The number of hydrogen-bond donors (Lipinski definition) is 1. The average Bonchev–Trinajstić information content (AvgIpc) is 3.18. The molecule has 1 amide bonds. The lowest BCUT2D eigenvalue weighted by atomic mass is 10.0. The summed E-state index contributed by atoms with van der Waals surface area (Å²) in [4.78, 5) is 21.7. The highest BCUT2D eigenvalue weighted by atomic mass is 16.5. The third-order valence-electron chi connectivity index (χ3n) is 4.15. The number of imidazole rings is 1. The first-order valence-corrected chi connectivity index (χ1v) is 8.05. The fourth-order valence-corrected chi connectivity index (χ4v) is 2.81. The average molecular weight is 335 g/mol. The molecule has 0 bridgehead atoms. The van der Waals surface area contributed by atoms with Crippen LogP contribution in [0.5, 0.6) is 0 Å². The number of pyridine rings is 1. The summed E-state index contributed by atoms with van der Waals surface area (Å²) in [5, 5.41) is 4.58. The molecule has 0 aliphatic rings. The number of para-hydroxylation sites is 2. The van der Waals surface area contributed by atoms with Gasteiger partial charge < -0.3 is 4.52 Å². The van der Waals surface area contributed by atoms with Crippen molar-refractivity contribution in [2.45, 2.75) is 26.7 Å². The zero-order valence-corrected chi connectivity index (χ0v) is 14.1. The van der Waals surface area contributed by atoms with Gasteiger partial charge in [0, 0.05) is 5.69 Å². The quantitative estimate of drug-likeness (QED) is 0.620. The summed E-state index contributed by atoms with van der Waals surface area (Å²) in [5.74, 6) is -0.0980. The van der Waals surface area contributed by atoms with Gasteiger partial charge in [0.05, 0.1) is 27.7 Å². The molecule has 0 saturated carbocycles. The van der Waals surface area contributed by atoms with Gasteiger partial charge in [0.25, 0.3) is 11.6 Å². The third-order valence-corrected chi connectivity index (χ3v) is 4.15. The van der Waals surface area contributed by atoms with Gasteiger partial charge in [-0.25, -0.2) is 14.6 Å². The van der Waals surface area contributed by atoms with Crippen molar-refractivity contribution < 1.29 is 9.32 Å². The smallest absolute Gasteiger partial charge is 0.271 e. The molecule has 0 radical (unpaired) electrons. The van der Waals surface area contributed by atoms with Gasteiger partial charge in [0.2, 0.25) is 0 Å². The van der Waals surface area contributed by atoms with Gasteiger partial charge in [0.1, 0.15) is 6.33 Å². The van der Waals surface area contributed by atoms with Crippen molar-refractivity contribution in [3.63, 3.8) is 0 Å². The van der Waals surface area contributed by atoms with Gasteiger partial charge in [-0.05, 0) is 31.0 Å². The molecule has 7 nitrogen and oxygen atoms in total. The molecular formula is C18H17N5O2. The first-order chi connectivity index (χ1) is 12.0. The molecule has 25 heavy (non-hydrogen) atoms. The van der Waals surface area contributed by atoms with Crippen LogP contribution in [0.15, 0.2) is 41.2 Å². The number of hydrogen-bond acceptors (Lipinski definition) is 5. The Morgan fingerprint density at radius 3 is 2.88 bits per heavy atom. The molecule has 0 fully saturated rings. The number of benzene rings is 1. The lowest BCUT2D eigenvalue weighted by Gasteiger charge is -2.10. The zero-order chi connectivity index (χ0) is 17.6. The van der Waals surface area contributed by atoms with Gasteiger partial charge in [-0.1, -0.05) is 31.1 Å². The Bertz CT molecular complexity index is 1090. The van der Waals surface area contributed by atoms with Crippen LogP contribution in [0.25, 0.3) is 22.1 Å². The fourth-order valence-electron chi connectivity index (χ4n) is 2.81. The number of carbonyl (C=O) groups is 1. The second kappa shape index (κ2) is 5.70. The number of aromatic nitrogens is 4. The summed E-state index contributed by atoms with van der Waals surface area (Å²) in [6, 6.07) is 9.39. The van der Waals surface area contributed by atoms with E-state index in [1.54, 1.807) is 24.0 Å². The fraction of sp³-hybridized carbons (Fsp3) is 0.222. The highest BCUT2D eigenvalue weighted by molar-refractivity contribution is 6.10. The van der Waals surface area contributed by atoms with Crippen LogP contribution in [0.2, 0.25) is 0 Å². The van der Waals surface area contributed by atoms with Crippen molar-refractivity contribution in [3.8, 4) is 0 Å². The number of rotatable bonds is 3. The number of aryl methyl sites for hydroxylation is 1. The lowest BCUT2D eigenvalue weighted by Crippen LogP contribution is -2.22. The van der Waals surface area contributed by atoms with Crippen molar-refractivity contribution in [2.24, 2.45) is 0 Å². The summed E-state index contributed by atoms with van der Waals surface area (Å²) in [5.41, 5.74) is 6.80. The summed E-state index contributed by atoms with van der Waals surface area (Å²) >= 11 is 0.